The van der Waals surface area contributed by atoms with Crippen LogP contribution in [0.2, 0.25) is 18.1 Å². The lowest BCUT2D eigenvalue weighted by Crippen LogP contribution is -2.44. The third kappa shape index (κ3) is 5.80. The van der Waals surface area contributed by atoms with E-state index in [-0.39, 0.29) is 10.9 Å². The molecule has 0 spiro atoms. The third-order valence-corrected chi connectivity index (χ3v) is 12.3. The van der Waals surface area contributed by atoms with E-state index in [0.29, 0.717) is 12.8 Å². The highest BCUT2D eigenvalue weighted by Crippen LogP contribution is 2.38. The standard InChI is InChI=1S/C33H37N3O3Si/c1-33(2,3)40(5,6)39-27-17-11-15-25(21-27)30-22-36-31(28(34-30)19-23-12-8-7-9-13-23)35-29(32(36)37)20-24-14-10-16-26(18-24)38-4/h7-18,21-22,29H,19-20H2,1-6H3/p+1. The first-order valence-electron chi connectivity index (χ1n) is 13.8. The van der Waals surface area contributed by atoms with Gasteiger partial charge in [0, 0.05) is 18.4 Å². The Hall–Kier alpha value is -3.97. The van der Waals surface area contributed by atoms with Crippen molar-refractivity contribution in [1.82, 2.24) is 4.98 Å². The molecule has 206 valence electrons. The monoisotopic (exact) mass is 552 g/mol. The fourth-order valence-electron chi connectivity index (χ4n) is 4.67. The van der Waals surface area contributed by atoms with E-state index in [9.17, 15) is 4.79 Å². The number of anilines is 1. The second kappa shape index (κ2) is 10.9. The lowest BCUT2D eigenvalue weighted by molar-refractivity contribution is -0.552. The molecule has 5 rings (SSSR count). The Morgan fingerprint density at radius 1 is 0.925 bits per heavy atom. The Labute approximate surface area is 238 Å². The molecule has 0 aliphatic carbocycles. The summed E-state index contributed by atoms with van der Waals surface area (Å²) in [4.78, 5) is 18.8. The van der Waals surface area contributed by atoms with Gasteiger partial charge in [-0.15, -0.1) is 0 Å². The van der Waals surface area contributed by atoms with Crippen molar-refractivity contribution in [2.24, 2.45) is 0 Å². The van der Waals surface area contributed by atoms with E-state index >= 15 is 0 Å². The van der Waals surface area contributed by atoms with Gasteiger partial charge in [0.25, 0.3) is 0 Å². The van der Waals surface area contributed by atoms with Crippen LogP contribution < -0.4 is 19.0 Å². The van der Waals surface area contributed by atoms with Gasteiger partial charge in [-0.3, -0.25) is 5.32 Å². The first kappa shape index (κ1) is 27.6. The van der Waals surface area contributed by atoms with Crippen molar-refractivity contribution in [3.05, 3.63) is 102 Å². The summed E-state index contributed by atoms with van der Waals surface area (Å²) in [5.74, 6) is 2.37. The minimum absolute atomic E-state index is 0.00413. The van der Waals surface area contributed by atoms with Gasteiger partial charge in [0.05, 0.1) is 7.11 Å². The molecule has 2 heterocycles. The Balaban J connectivity index is 1.52. The van der Waals surface area contributed by atoms with Crippen molar-refractivity contribution >= 4 is 20.0 Å². The summed E-state index contributed by atoms with van der Waals surface area (Å²) in [6.07, 6.45) is 3.01. The molecule has 1 unspecified atom stereocenters. The zero-order valence-electron chi connectivity index (χ0n) is 24.2. The van der Waals surface area contributed by atoms with Gasteiger partial charge in [0.15, 0.2) is 6.04 Å². The van der Waals surface area contributed by atoms with Gasteiger partial charge in [0.1, 0.15) is 29.1 Å². The minimum Gasteiger partial charge on any atom is -0.543 e. The minimum atomic E-state index is -2.01. The largest absolute Gasteiger partial charge is 0.543 e. The van der Waals surface area contributed by atoms with E-state index in [1.165, 1.54) is 0 Å². The van der Waals surface area contributed by atoms with Crippen LogP contribution in [0.1, 0.15) is 42.4 Å². The zero-order chi connectivity index (χ0) is 28.5. The fraction of sp³-hybridized carbons (Fsp3) is 0.303. The number of nitrogens with one attached hydrogen (secondary N) is 1. The fourth-order valence-corrected chi connectivity index (χ4v) is 5.69. The molecule has 7 heteroatoms. The van der Waals surface area contributed by atoms with E-state index in [1.54, 1.807) is 11.7 Å². The van der Waals surface area contributed by atoms with Crippen molar-refractivity contribution in [3.63, 3.8) is 0 Å². The highest BCUT2D eigenvalue weighted by Gasteiger charge is 2.41. The predicted octanol–water partition coefficient (Wildman–Crippen LogP) is 6.70. The van der Waals surface area contributed by atoms with Crippen LogP contribution in [0.25, 0.3) is 11.3 Å². The van der Waals surface area contributed by atoms with Crippen molar-refractivity contribution in [2.45, 2.75) is 57.8 Å². The molecule has 0 amide bonds. The number of methoxy groups -OCH3 is 1. The van der Waals surface area contributed by atoms with Gasteiger partial charge in [-0.25, -0.2) is 9.78 Å². The number of ether oxygens (including phenoxy) is 1. The summed E-state index contributed by atoms with van der Waals surface area (Å²) in [6, 6.07) is 25.8. The number of benzene rings is 3. The maximum absolute atomic E-state index is 13.7. The van der Waals surface area contributed by atoms with Crippen molar-refractivity contribution in [3.8, 4) is 22.8 Å². The molecule has 0 saturated carbocycles. The summed E-state index contributed by atoms with van der Waals surface area (Å²) in [5, 5.41) is 3.57. The van der Waals surface area contributed by atoms with Crippen LogP contribution in [-0.4, -0.2) is 32.4 Å². The normalized spacial score (nSPS) is 14.9. The number of nitrogens with zero attached hydrogens (tertiary/aromatic N) is 2. The molecule has 1 aliphatic heterocycles. The van der Waals surface area contributed by atoms with Crippen molar-refractivity contribution in [1.29, 1.82) is 0 Å². The lowest BCUT2D eigenvalue weighted by Gasteiger charge is -2.36. The lowest BCUT2D eigenvalue weighted by atomic mass is 10.1. The van der Waals surface area contributed by atoms with Crippen LogP contribution in [0.4, 0.5) is 5.82 Å². The highest BCUT2D eigenvalue weighted by atomic mass is 28.4. The summed E-state index contributed by atoms with van der Waals surface area (Å²) < 4.78 is 13.7. The number of fused-ring (bicyclic) bond motifs is 1. The van der Waals surface area contributed by atoms with Gasteiger partial charge < -0.3 is 9.16 Å². The van der Waals surface area contributed by atoms with E-state index in [2.05, 4.69) is 51.3 Å². The quantitative estimate of drug-likeness (QED) is 0.195. The number of carbonyl (C=O) groups excluding carboxylic acids is 1. The second-order valence-electron chi connectivity index (χ2n) is 11.9. The molecular formula is C33H38N3O3Si+. The van der Waals surface area contributed by atoms with Crippen LogP contribution in [0.15, 0.2) is 85.1 Å². The zero-order valence-corrected chi connectivity index (χ0v) is 25.2. The van der Waals surface area contributed by atoms with Crippen LogP contribution in [0, 0.1) is 0 Å². The maximum atomic E-state index is 13.7. The van der Waals surface area contributed by atoms with E-state index in [1.807, 2.05) is 72.9 Å². The number of aromatic nitrogens is 2. The van der Waals surface area contributed by atoms with Crippen LogP contribution >= 0.6 is 0 Å². The Kier molecular flexibility index (Phi) is 7.51. The van der Waals surface area contributed by atoms with E-state index in [4.69, 9.17) is 14.1 Å². The molecular weight excluding hydrogens is 514 g/mol. The Morgan fingerprint density at radius 3 is 2.35 bits per heavy atom. The molecule has 0 bridgehead atoms. The first-order valence-corrected chi connectivity index (χ1v) is 16.7. The number of hydrogen-bond acceptors (Lipinski definition) is 5. The molecule has 4 aromatic rings. The Morgan fingerprint density at radius 2 is 1.62 bits per heavy atom. The SMILES string of the molecule is COc1cccc(CC2Nc3c(Cc4ccccc4)nc(-c4cccc(O[Si](C)(C)C(C)(C)C)c4)c[n+]3C2=O)c1. The maximum Gasteiger partial charge on any atom is 0.359 e. The molecule has 3 aromatic carbocycles. The number of carbonyl (C=O) groups is 1. The average Bonchev–Trinajstić information content (AvgIpc) is 3.24. The molecule has 0 radical (unpaired) electrons. The summed E-state index contributed by atoms with van der Waals surface area (Å²) in [5.41, 5.74) is 4.67. The molecule has 40 heavy (non-hydrogen) atoms. The predicted molar refractivity (Wildman–Crippen MR) is 162 cm³/mol. The molecule has 1 N–H and O–H groups in total. The molecule has 1 atom stereocenters. The molecule has 0 fully saturated rings. The van der Waals surface area contributed by atoms with Crippen molar-refractivity contribution < 1.29 is 18.5 Å². The molecule has 6 nitrogen and oxygen atoms in total. The van der Waals surface area contributed by atoms with E-state index < -0.39 is 14.4 Å². The van der Waals surface area contributed by atoms with Gasteiger partial charge >= 0.3 is 11.7 Å². The van der Waals surface area contributed by atoms with Crippen LogP contribution in [0.3, 0.4) is 0 Å². The van der Waals surface area contributed by atoms with Gasteiger partial charge in [-0.2, -0.15) is 4.57 Å². The van der Waals surface area contributed by atoms with Crippen LogP contribution in [-0.2, 0) is 12.8 Å². The highest BCUT2D eigenvalue weighted by molar-refractivity contribution is 6.74. The smallest absolute Gasteiger partial charge is 0.359 e. The molecule has 1 aromatic heterocycles. The van der Waals surface area contributed by atoms with Crippen molar-refractivity contribution in [2.75, 3.05) is 12.4 Å². The second-order valence-corrected chi connectivity index (χ2v) is 16.7. The number of hydrogen-bond donors (Lipinski definition) is 1. The van der Waals surface area contributed by atoms with Gasteiger partial charge in [-0.1, -0.05) is 75.4 Å². The molecule has 1 aliphatic rings. The van der Waals surface area contributed by atoms with E-state index in [0.717, 1.165) is 45.4 Å². The molecule has 0 saturated heterocycles. The van der Waals surface area contributed by atoms with Gasteiger partial charge in [0.2, 0.25) is 8.32 Å². The third-order valence-electron chi connectivity index (χ3n) is 7.96. The first-order chi connectivity index (χ1) is 19.0. The summed E-state index contributed by atoms with van der Waals surface area (Å²) in [7, 11) is -0.359. The van der Waals surface area contributed by atoms with Crippen LogP contribution in [0.5, 0.6) is 11.5 Å². The van der Waals surface area contributed by atoms with Gasteiger partial charge in [-0.05, 0) is 53.5 Å². The summed E-state index contributed by atoms with van der Waals surface area (Å²) in [6.45, 7) is 11.2. The number of rotatable bonds is 8. The Bertz CT molecular complexity index is 1530. The topological polar surface area (TPSA) is 64.3 Å². The summed E-state index contributed by atoms with van der Waals surface area (Å²) >= 11 is 0. The average molecular weight is 553 g/mol.